The first-order valence-electron chi connectivity index (χ1n) is 10.4. The van der Waals surface area contributed by atoms with Crippen molar-refractivity contribution in [1.82, 2.24) is 15.3 Å². The molecule has 3 atom stereocenters. The summed E-state index contributed by atoms with van der Waals surface area (Å²) in [4.78, 5) is 42.6. The van der Waals surface area contributed by atoms with E-state index >= 15 is 0 Å². The first-order valence-corrected chi connectivity index (χ1v) is 11.3. The number of nitrogens with one attached hydrogen (secondary N) is 1. The Hall–Kier alpha value is -4.07. The number of pyridine rings is 1. The average Bonchev–Trinajstić information content (AvgIpc) is 3.33. The van der Waals surface area contributed by atoms with E-state index in [1.165, 1.54) is 36.7 Å². The maximum Gasteiger partial charge on any atom is 0.405 e. The third kappa shape index (κ3) is 7.21. The summed E-state index contributed by atoms with van der Waals surface area (Å²) in [7, 11) is 0. The number of carbonyl (C=O) groups is 2. The van der Waals surface area contributed by atoms with Gasteiger partial charge in [0, 0.05) is 36.3 Å². The van der Waals surface area contributed by atoms with Crippen LogP contribution in [0.2, 0.25) is 0 Å². The van der Waals surface area contributed by atoms with Gasteiger partial charge in [-0.25, -0.2) is 22.9 Å². The first kappa shape index (κ1) is 26.5. The topological polar surface area (TPSA) is 150 Å². The number of ether oxygens (including phenoxy) is 1. The number of thiazole rings is 1. The number of hydrogen-bond donors (Lipinski definition) is 2. The molecule has 0 spiro atoms. The van der Waals surface area contributed by atoms with Gasteiger partial charge in [0.25, 0.3) is 18.0 Å². The van der Waals surface area contributed by atoms with E-state index < -0.39 is 47.4 Å². The van der Waals surface area contributed by atoms with Crippen molar-refractivity contribution in [3.05, 3.63) is 86.1 Å². The fourth-order valence-electron chi connectivity index (χ4n) is 3.23. The number of amides is 2. The zero-order valence-corrected chi connectivity index (χ0v) is 19.2. The van der Waals surface area contributed by atoms with Crippen molar-refractivity contribution < 1.29 is 32.4 Å². The van der Waals surface area contributed by atoms with Gasteiger partial charge in [-0.3, -0.25) is 19.9 Å². The number of benzene rings is 1. The summed E-state index contributed by atoms with van der Waals surface area (Å²) in [6.07, 6.45) is -5.47. The summed E-state index contributed by atoms with van der Waals surface area (Å²) in [6.45, 7) is 0. The SMILES string of the molecule is NC(=O)OC(Cc1ccncc1)C(=O)N[C@@H](Cc1ccc([N+](=O)[O-])cc1)c1nc(C(F)C(F)F)cs1. The molecule has 0 aliphatic heterocycles. The smallest absolute Gasteiger partial charge is 0.405 e. The molecule has 2 aromatic heterocycles. The molecular weight excluding hydrogens is 503 g/mol. The third-order valence-corrected chi connectivity index (χ3v) is 5.94. The zero-order chi connectivity index (χ0) is 26.2. The number of halogens is 3. The van der Waals surface area contributed by atoms with Crippen molar-refractivity contribution >= 4 is 29.0 Å². The Balaban J connectivity index is 1.87. The van der Waals surface area contributed by atoms with E-state index in [0.29, 0.717) is 11.1 Å². The maximum atomic E-state index is 13.8. The van der Waals surface area contributed by atoms with Crippen LogP contribution >= 0.6 is 11.3 Å². The highest BCUT2D eigenvalue weighted by Crippen LogP contribution is 2.30. The maximum absolute atomic E-state index is 13.8. The van der Waals surface area contributed by atoms with Crippen molar-refractivity contribution in [3.8, 4) is 0 Å². The second-order valence-corrected chi connectivity index (χ2v) is 8.41. The number of non-ortho nitro benzene ring substituents is 1. The number of nitrogens with two attached hydrogens (primary N) is 1. The predicted molar refractivity (Wildman–Crippen MR) is 122 cm³/mol. The Bertz CT molecular complexity index is 1200. The number of rotatable bonds is 11. The molecule has 0 aliphatic carbocycles. The van der Waals surface area contributed by atoms with Crippen LogP contribution in [-0.2, 0) is 22.4 Å². The van der Waals surface area contributed by atoms with Crippen LogP contribution in [0.15, 0.2) is 54.2 Å². The summed E-state index contributed by atoms with van der Waals surface area (Å²) in [5.41, 5.74) is 5.63. The van der Waals surface area contributed by atoms with E-state index in [1.54, 1.807) is 12.1 Å². The van der Waals surface area contributed by atoms with E-state index in [-0.39, 0.29) is 23.5 Å². The van der Waals surface area contributed by atoms with Crippen LogP contribution in [0.3, 0.4) is 0 Å². The summed E-state index contributed by atoms with van der Waals surface area (Å²) in [6, 6.07) is 7.69. The minimum atomic E-state index is -3.28. The van der Waals surface area contributed by atoms with E-state index in [9.17, 15) is 32.9 Å². The minimum Gasteiger partial charge on any atom is -0.436 e. The Kier molecular flexibility index (Phi) is 8.89. The molecule has 0 saturated heterocycles. The van der Waals surface area contributed by atoms with Crippen LogP contribution in [-0.4, -0.2) is 39.4 Å². The van der Waals surface area contributed by atoms with Gasteiger partial charge in [-0.1, -0.05) is 12.1 Å². The number of primary amides is 1. The fraction of sp³-hybridized carbons (Fsp3) is 0.273. The number of hydrogen-bond acceptors (Lipinski definition) is 8. The number of alkyl halides is 3. The second-order valence-electron chi connectivity index (χ2n) is 7.52. The van der Waals surface area contributed by atoms with E-state index in [1.807, 2.05) is 0 Å². The highest BCUT2D eigenvalue weighted by molar-refractivity contribution is 7.09. The molecule has 2 amide bonds. The Morgan fingerprint density at radius 2 is 1.72 bits per heavy atom. The highest BCUT2D eigenvalue weighted by Gasteiger charge is 2.29. The highest BCUT2D eigenvalue weighted by atomic mass is 32.1. The molecule has 0 aliphatic rings. The molecule has 3 N–H and O–H groups in total. The quantitative estimate of drug-likeness (QED) is 0.286. The Morgan fingerprint density at radius 3 is 2.31 bits per heavy atom. The summed E-state index contributed by atoms with van der Waals surface area (Å²) in [5.74, 6) is -0.764. The van der Waals surface area contributed by atoms with Gasteiger partial charge in [-0.15, -0.1) is 11.3 Å². The lowest BCUT2D eigenvalue weighted by Crippen LogP contribution is -2.42. The van der Waals surface area contributed by atoms with Crippen molar-refractivity contribution in [2.75, 3.05) is 0 Å². The molecule has 2 unspecified atom stereocenters. The van der Waals surface area contributed by atoms with Crippen molar-refractivity contribution in [1.29, 1.82) is 0 Å². The van der Waals surface area contributed by atoms with Gasteiger partial charge < -0.3 is 15.8 Å². The summed E-state index contributed by atoms with van der Waals surface area (Å²) in [5, 5.41) is 14.8. The molecule has 3 aromatic rings. The third-order valence-electron chi connectivity index (χ3n) is 4.97. The molecule has 2 heterocycles. The molecular formula is C22H20F3N5O5S. The van der Waals surface area contributed by atoms with Crippen molar-refractivity contribution in [2.24, 2.45) is 5.73 Å². The normalized spacial score (nSPS) is 13.6. The van der Waals surface area contributed by atoms with Crippen LogP contribution in [0, 0.1) is 10.1 Å². The number of nitrogens with zero attached hydrogens (tertiary/aromatic N) is 3. The van der Waals surface area contributed by atoms with Gasteiger partial charge in [0.2, 0.25) is 6.17 Å². The zero-order valence-electron chi connectivity index (χ0n) is 18.4. The minimum absolute atomic E-state index is 0.0286. The predicted octanol–water partition coefficient (Wildman–Crippen LogP) is 3.83. The molecule has 3 rings (SSSR count). The standard InChI is InChI=1S/C22H20F3N5O5S/c23-18(19(24)25)16-11-36-21(29-16)15(9-12-1-3-14(4-2-12)30(33)34)28-20(31)17(35-22(26)32)10-13-5-7-27-8-6-13/h1-8,11,15,17-19H,9-10H2,(H2,26,32)(H,28,31)/t15-,17?,18?/m0/s1. The van der Waals surface area contributed by atoms with E-state index in [0.717, 1.165) is 16.7 Å². The van der Waals surface area contributed by atoms with E-state index in [4.69, 9.17) is 10.5 Å². The molecule has 0 saturated carbocycles. The second kappa shape index (κ2) is 12.1. The van der Waals surface area contributed by atoms with Gasteiger partial charge >= 0.3 is 6.09 Å². The lowest BCUT2D eigenvalue weighted by Gasteiger charge is -2.21. The van der Waals surface area contributed by atoms with Crippen molar-refractivity contribution in [3.63, 3.8) is 0 Å². The van der Waals surface area contributed by atoms with E-state index in [2.05, 4.69) is 15.3 Å². The molecule has 0 fully saturated rings. The summed E-state index contributed by atoms with van der Waals surface area (Å²) < 4.78 is 44.4. The molecule has 0 bridgehead atoms. The molecule has 10 nitrogen and oxygen atoms in total. The van der Waals surface area contributed by atoms with Crippen LogP contribution in [0.1, 0.15) is 34.0 Å². The van der Waals surface area contributed by atoms with Gasteiger partial charge in [-0.05, 0) is 29.7 Å². The summed E-state index contributed by atoms with van der Waals surface area (Å²) >= 11 is 0.854. The Labute approximate surface area is 206 Å². The monoisotopic (exact) mass is 523 g/mol. The van der Waals surface area contributed by atoms with Crippen LogP contribution < -0.4 is 11.1 Å². The van der Waals surface area contributed by atoms with Gasteiger partial charge in [0.05, 0.1) is 16.7 Å². The van der Waals surface area contributed by atoms with Gasteiger partial charge in [0.15, 0.2) is 6.10 Å². The van der Waals surface area contributed by atoms with Gasteiger partial charge in [0.1, 0.15) is 5.01 Å². The number of carbonyl (C=O) groups excluding carboxylic acids is 2. The average molecular weight is 523 g/mol. The molecule has 14 heteroatoms. The number of aromatic nitrogens is 2. The van der Waals surface area contributed by atoms with Crippen molar-refractivity contribution in [2.45, 2.75) is 37.6 Å². The molecule has 0 radical (unpaired) electrons. The fourth-order valence-corrected chi connectivity index (χ4v) is 4.12. The Morgan fingerprint density at radius 1 is 1.08 bits per heavy atom. The molecule has 1 aromatic carbocycles. The van der Waals surface area contributed by atoms with Crippen LogP contribution in [0.5, 0.6) is 0 Å². The lowest BCUT2D eigenvalue weighted by molar-refractivity contribution is -0.384. The van der Waals surface area contributed by atoms with Gasteiger partial charge in [-0.2, -0.15) is 0 Å². The number of nitro benzene ring substituents is 1. The largest absolute Gasteiger partial charge is 0.436 e. The van der Waals surface area contributed by atoms with Crippen LogP contribution in [0.25, 0.3) is 0 Å². The lowest BCUT2D eigenvalue weighted by atomic mass is 10.0. The first-order chi connectivity index (χ1) is 17.1. The number of nitro groups is 1. The van der Waals surface area contributed by atoms with Crippen LogP contribution in [0.4, 0.5) is 23.7 Å². The molecule has 36 heavy (non-hydrogen) atoms. The molecule has 190 valence electrons.